The molecule has 2 aromatic heterocycles. The van der Waals surface area contributed by atoms with Gasteiger partial charge in [0.05, 0.1) is 5.52 Å². The number of fused-ring (bicyclic) bond motifs is 1. The number of aryl methyl sites for hydroxylation is 4. The van der Waals surface area contributed by atoms with Crippen molar-refractivity contribution in [2.45, 2.75) is 85.6 Å². The van der Waals surface area contributed by atoms with Crippen molar-refractivity contribution in [3.05, 3.63) is 17.1 Å². The maximum atomic E-state index is 11.9. The number of hydrogen-bond donors (Lipinski definition) is 1. The molecule has 0 amide bonds. The van der Waals surface area contributed by atoms with E-state index in [2.05, 4.69) is 30.3 Å². The van der Waals surface area contributed by atoms with Crippen LogP contribution in [0.15, 0.2) is 0 Å². The number of rotatable bonds is 12. The fourth-order valence-electron chi connectivity index (χ4n) is 3.43. The van der Waals surface area contributed by atoms with Gasteiger partial charge in [0.25, 0.3) is 0 Å². The molecule has 0 aromatic carbocycles. The first-order valence-corrected chi connectivity index (χ1v) is 11.9. The molecule has 0 bridgehead atoms. The van der Waals surface area contributed by atoms with E-state index in [0.717, 1.165) is 92.0 Å². The second kappa shape index (κ2) is 10.9. The van der Waals surface area contributed by atoms with Gasteiger partial charge >= 0.3 is 0 Å². The topological polar surface area (TPSA) is 79.8 Å². The van der Waals surface area contributed by atoms with Crippen molar-refractivity contribution in [2.24, 2.45) is 0 Å². The molecule has 2 heterocycles. The van der Waals surface area contributed by atoms with E-state index >= 15 is 0 Å². The summed E-state index contributed by atoms with van der Waals surface area (Å²) in [5.41, 5.74) is 10.3. The first-order chi connectivity index (χ1) is 13.0. The number of nitrogen functional groups attached to an aromatic ring is 1. The Morgan fingerprint density at radius 3 is 2.37 bits per heavy atom. The van der Waals surface area contributed by atoms with E-state index in [-0.39, 0.29) is 0 Å². The van der Waals surface area contributed by atoms with Gasteiger partial charge < -0.3 is 14.9 Å². The standard InChI is InChI=1S/C21H36N4OS/c1-5-7-12-18-24-19-20(16(3)17(4)23-21(19)22)25(18)13-10-9-11-15-27(26)14-8-6-2/h5-15H2,1-4H3,(H2,22,23). The van der Waals surface area contributed by atoms with Crippen LogP contribution in [0, 0.1) is 13.8 Å². The number of imidazole rings is 1. The monoisotopic (exact) mass is 392 g/mol. The first-order valence-electron chi connectivity index (χ1n) is 10.5. The van der Waals surface area contributed by atoms with Crippen molar-refractivity contribution in [3.63, 3.8) is 0 Å². The molecule has 0 fully saturated rings. The highest BCUT2D eigenvalue weighted by molar-refractivity contribution is 7.91. The van der Waals surface area contributed by atoms with Crippen LogP contribution in [-0.4, -0.2) is 30.6 Å². The predicted octanol–water partition coefficient (Wildman–Crippen LogP) is 4.69. The number of aromatic nitrogens is 3. The van der Waals surface area contributed by atoms with Crippen LogP contribution in [-0.2, 0) is 24.1 Å². The largest absolute Gasteiger partial charge is 0.616 e. The van der Waals surface area contributed by atoms with Gasteiger partial charge in [-0.1, -0.05) is 37.9 Å². The zero-order valence-electron chi connectivity index (χ0n) is 17.5. The highest BCUT2D eigenvalue weighted by Crippen LogP contribution is 2.27. The molecular formula is C21H36N4OS. The maximum Gasteiger partial charge on any atom is 0.151 e. The Hall–Kier alpha value is -1.27. The quantitative estimate of drug-likeness (QED) is 0.420. The highest BCUT2D eigenvalue weighted by atomic mass is 32.2. The van der Waals surface area contributed by atoms with Crippen LogP contribution in [0.2, 0.25) is 0 Å². The molecular weight excluding hydrogens is 356 g/mol. The lowest BCUT2D eigenvalue weighted by molar-refractivity contribution is 0.568. The molecule has 0 aliphatic heterocycles. The molecule has 0 radical (unpaired) electrons. The number of nitrogens with zero attached hydrogens (tertiary/aromatic N) is 3. The predicted molar refractivity (Wildman–Crippen MR) is 117 cm³/mol. The van der Waals surface area contributed by atoms with Gasteiger partial charge in [0.15, 0.2) is 5.82 Å². The Bertz CT molecular complexity index is 729. The summed E-state index contributed by atoms with van der Waals surface area (Å²) in [7, 11) is 0. The molecule has 0 saturated carbocycles. The summed E-state index contributed by atoms with van der Waals surface area (Å²) in [6.07, 6.45) is 8.67. The molecule has 1 atom stereocenters. The minimum absolute atomic E-state index is 0.538. The lowest BCUT2D eigenvalue weighted by Crippen LogP contribution is -2.11. The van der Waals surface area contributed by atoms with Crippen molar-refractivity contribution in [1.82, 2.24) is 14.5 Å². The first kappa shape index (κ1) is 22.0. The molecule has 1 unspecified atom stereocenters. The third-order valence-electron chi connectivity index (χ3n) is 5.21. The van der Waals surface area contributed by atoms with Crippen LogP contribution in [0.25, 0.3) is 11.0 Å². The molecule has 2 rings (SSSR count). The molecule has 0 aliphatic carbocycles. The fraction of sp³-hybridized carbons (Fsp3) is 0.714. The molecule has 5 nitrogen and oxygen atoms in total. The van der Waals surface area contributed by atoms with Gasteiger partial charge in [-0.2, -0.15) is 0 Å². The van der Waals surface area contributed by atoms with Crippen LogP contribution in [0.4, 0.5) is 5.82 Å². The van der Waals surface area contributed by atoms with E-state index < -0.39 is 11.2 Å². The number of hydrogen-bond acceptors (Lipinski definition) is 4. The van der Waals surface area contributed by atoms with Gasteiger partial charge in [0.2, 0.25) is 0 Å². The summed E-state index contributed by atoms with van der Waals surface area (Å²) in [5, 5.41) is 0. The zero-order valence-corrected chi connectivity index (χ0v) is 18.3. The summed E-state index contributed by atoms with van der Waals surface area (Å²) in [4.78, 5) is 9.30. The Labute approximate surface area is 167 Å². The van der Waals surface area contributed by atoms with Crippen LogP contribution in [0.3, 0.4) is 0 Å². The van der Waals surface area contributed by atoms with Gasteiger partial charge in [-0.3, -0.25) is 0 Å². The van der Waals surface area contributed by atoms with Crippen molar-refractivity contribution < 1.29 is 4.55 Å². The Morgan fingerprint density at radius 1 is 0.963 bits per heavy atom. The number of unbranched alkanes of at least 4 members (excludes halogenated alkanes) is 4. The normalized spacial score (nSPS) is 12.8. The third kappa shape index (κ3) is 5.85. The summed E-state index contributed by atoms with van der Waals surface area (Å²) in [6, 6.07) is 0. The van der Waals surface area contributed by atoms with Gasteiger partial charge in [-0.25, -0.2) is 9.97 Å². The van der Waals surface area contributed by atoms with Crippen molar-refractivity contribution in [3.8, 4) is 0 Å². The van der Waals surface area contributed by atoms with E-state index in [1.165, 1.54) is 5.56 Å². The molecule has 2 aromatic rings. The van der Waals surface area contributed by atoms with E-state index in [9.17, 15) is 4.55 Å². The van der Waals surface area contributed by atoms with Crippen LogP contribution in [0.5, 0.6) is 0 Å². The second-order valence-electron chi connectivity index (χ2n) is 7.45. The third-order valence-corrected chi connectivity index (χ3v) is 6.70. The SMILES string of the molecule is CCCCc1nc2c(N)nc(C)c(C)c2n1CCCCC[S+]([O-])CCCC. The summed E-state index contributed by atoms with van der Waals surface area (Å²) in [6.45, 7) is 9.43. The maximum absolute atomic E-state index is 11.9. The van der Waals surface area contributed by atoms with E-state index in [1.807, 2.05) is 6.92 Å². The molecule has 27 heavy (non-hydrogen) atoms. The molecule has 0 spiro atoms. The fourth-order valence-corrected chi connectivity index (χ4v) is 4.77. The van der Waals surface area contributed by atoms with E-state index in [0.29, 0.717) is 5.82 Å². The van der Waals surface area contributed by atoms with Crippen LogP contribution in [0.1, 0.15) is 75.9 Å². The summed E-state index contributed by atoms with van der Waals surface area (Å²) < 4.78 is 14.3. The Kier molecular flexibility index (Phi) is 8.90. The Balaban J connectivity index is 2.06. The summed E-state index contributed by atoms with van der Waals surface area (Å²) >= 11 is -0.645. The zero-order chi connectivity index (χ0) is 19.8. The molecule has 0 aliphatic rings. The molecule has 2 N–H and O–H groups in total. The lowest BCUT2D eigenvalue weighted by Gasteiger charge is -2.13. The molecule has 6 heteroatoms. The van der Waals surface area contributed by atoms with Gasteiger partial charge in [0.1, 0.15) is 22.8 Å². The average Bonchev–Trinajstić information content (AvgIpc) is 3.01. The molecule has 152 valence electrons. The number of pyridine rings is 1. The molecule has 0 saturated heterocycles. The second-order valence-corrected chi connectivity index (χ2v) is 9.15. The van der Waals surface area contributed by atoms with Crippen LogP contribution < -0.4 is 5.73 Å². The minimum atomic E-state index is -0.645. The lowest BCUT2D eigenvalue weighted by atomic mass is 10.1. The van der Waals surface area contributed by atoms with E-state index in [1.54, 1.807) is 0 Å². The highest BCUT2D eigenvalue weighted by Gasteiger charge is 2.17. The van der Waals surface area contributed by atoms with Crippen molar-refractivity contribution >= 4 is 28.0 Å². The van der Waals surface area contributed by atoms with Gasteiger partial charge in [0, 0.05) is 18.7 Å². The number of anilines is 1. The van der Waals surface area contributed by atoms with Crippen molar-refractivity contribution in [1.29, 1.82) is 0 Å². The summed E-state index contributed by atoms with van der Waals surface area (Å²) in [5.74, 6) is 3.35. The van der Waals surface area contributed by atoms with Gasteiger partial charge in [-0.15, -0.1) is 0 Å². The van der Waals surface area contributed by atoms with Crippen LogP contribution >= 0.6 is 0 Å². The minimum Gasteiger partial charge on any atom is -0.616 e. The smallest absolute Gasteiger partial charge is 0.151 e. The average molecular weight is 393 g/mol. The van der Waals surface area contributed by atoms with Crippen molar-refractivity contribution in [2.75, 3.05) is 17.2 Å². The van der Waals surface area contributed by atoms with E-state index in [4.69, 9.17) is 10.7 Å². The van der Waals surface area contributed by atoms with Gasteiger partial charge in [-0.05, 0) is 51.5 Å². The number of nitrogens with two attached hydrogens (primary N) is 1. The Morgan fingerprint density at radius 2 is 1.67 bits per heavy atom.